The van der Waals surface area contributed by atoms with Crippen LogP contribution in [0.4, 0.5) is 0 Å². The minimum absolute atomic E-state index is 0.250. The Morgan fingerprint density at radius 3 is 2.38 bits per heavy atom. The largest absolute Gasteiger partial charge is 0.378 e. The fourth-order valence-electron chi connectivity index (χ4n) is 3.61. The lowest BCUT2D eigenvalue weighted by atomic mass is 9.93. The van der Waals surface area contributed by atoms with Crippen molar-refractivity contribution in [1.82, 2.24) is 10.2 Å². The van der Waals surface area contributed by atoms with E-state index in [2.05, 4.69) is 11.4 Å². The minimum Gasteiger partial charge on any atom is -0.378 e. The predicted octanol–water partition coefficient (Wildman–Crippen LogP) is 0.810. The average molecular weight is 420 g/mol. The lowest BCUT2D eigenvalue weighted by Crippen LogP contribution is -2.47. The van der Waals surface area contributed by atoms with Gasteiger partial charge in [-0.3, -0.25) is 9.59 Å². The lowest BCUT2D eigenvalue weighted by molar-refractivity contribution is -0.139. The summed E-state index contributed by atoms with van der Waals surface area (Å²) >= 11 is 0. The molecule has 1 aliphatic carbocycles. The van der Waals surface area contributed by atoms with E-state index in [1.807, 2.05) is 0 Å². The molecule has 156 valence electrons. The molecule has 1 saturated heterocycles. The fraction of sp³-hybridized carbons (Fsp3) is 0.550. The lowest BCUT2D eigenvalue weighted by Gasteiger charge is -2.31. The van der Waals surface area contributed by atoms with Gasteiger partial charge in [0.05, 0.1) is 30.5 Å². The maximum absolute atomic E-state index is 13.1. The maximum atomic E-state index is 13.1. The highest BCUT2D eigenvalue weighted by molar-refractivity contribution is 7.91. The molecule has 29 heavy (non-hydrogen) atoms. The van der Waals surface area contributed by atoms with Crippen LogP contribution in [0.5, 0.6) is 0 Å². The van der Waals surface area contributed by atoms with Crippen LogP contribution in [0.1, 0.15) is 30.1 Å². The number of benzene rings is 1. The summed E-state index contributed by atoms with van der Waals surface area (Å²) in [5.74, 6) is -2.00. The van der Waals surface area contributed by atoms with Gasteiger partial charge in [0, 0.05) is 25.8 Å². The van der Waals surface area contributed by atoms with Gasteiger partial charge >= 0.3 is 0 Å². The first-order chi connectivity index (χ1) is 13.8. The Balaban J connectivity index is 1.92. The summed E-state index contributed by atoms with van der Waals surface area (Å²) < 4.78 is 30.6. The molecule has 1 aliphatic heterocycles. The molecule has 0 radical (unpaired) electrons. The Bertz CT molecular complexity index is 900. The number of sulfone groups is 1. The molecule has 1 N–H and O–H groups in total. The summed E-state index contributed by atoms with van der Waals surface area (Å²) in [4.78, 5) is 27.6. The molecule has 2 unspecified atom stereocenters. The zero-order valence-corrected chi connectivity index (χ0v) is 17.2. The van der Waals surface area contributed by atoms with Crippen LogP contribution in [0.2, 0.25) is 0 Å². The second-order valence-corrected chi connectivity index (χ2v) is 9.81. The van der Waals surface area contributed by atoms with Gasteiger partial charge in [0.15, 0.2) is 9.84 Å². The van der Waals surface area contributed by atoms with Crippen LogP contribution in [-0.2, 0) is 24.2 Å². The molecule has 1 aromatic rings. The van der Waals surface area contributed by atoms with E-state index >= 15 is 0 Å². The molecule has 0 aromatic heterocycles. The molecular weight excluding hydrogens is 394 g/mol. The number of nitriles is 1. The van der Waals surface area contributed by atoms with E-state index in [9.17, 15) is 23.3 Å². The van der Waals surface area contributed by atoms with Gasteiger partial charge in [0.25, 0.3) is 0 Å². The van der Waals surface area contributed by atoms with Crippen LogP contribution in [0, 0.1) is 17.2 Å². The Morgan fingerprint density at radius 1 is 1.24 bits per heavy atom. The van der Waals surface area contributed by atoms with E-state index < -0.39 is 32.5 Å². The van der Waals surface area contributed by atoms with Gasteiger partial charge in [-0.05, 0) is 18.4 Å². The van der Waals surface area contributed by atoms with Crippen molar-refractivity contribution in [2.45, 2.75) is 30.1 Å². The number of morpholine rings is 1. The van der Waals surface area contributed by atoms with Crippen molar-refractivity contribution < 1.29 is 22.7 Å². The molecule has 8 nitrogen and oxygen atoms in total. The van der Waals surface area contributed by atoms with Crippen molar-refractivity contribution in [2.75, 3.05) is 32.6 Å². The Hall–Kier alpha value is -2.44. The molecule has 9 heteroatoms. The second-order valence-electron chi connectivity index (χ2n) is 7.65. The van der Waals surface area contributed by atoms with Crippen molar-refractivity contribution in [1.29, 1.82) is 5.26 Å². The number of hydrogen-bond acceptors (Lipinski definition) is 6. The minimum atomic E-state index is -3.72. The highest BCUT2D eigenvalue weighted by Gasteiger charge is 2.48. The van der Waals surface area contributed by atoms with Crippen LogP contribution in [-0.4, -0.2) is 63.2 Å². The van der Waals surface area contributed by atoms with Crippen molar-refractivity contribution >= 4 is 21.7 Å². The van der Waals surface area contributed by atoms with Gasteiger partial charge in [-0.15, -0.1) is 0 Å². The van der Waals surface area contributed by atoms with Gasteiger partial charge in [-0.2, -0.15) is 5.26 Å². The fourth-order valence-corrected chi connectivity index (χ4v) is 5.07. The highest BCUT2D eigenvalue weighted by atomic mass is 32.2. The third-order valence-corrected chi connectivity index (χ3v) is 6.90. The second kappa shape index (κ2) is 8.51. The molecule has 1 aromatic carbocycles. The SMILES string of the molecule is CS(=O)(=O)C(c1ccccc1)C(CC(=O)N1CCOCC1)C(=O)NC1(C#N)CC1. The summed E-state index contributed by atoms with van der Waals surface area (Å²) in [6, 6.07) is 10.5. The number of carbonyl (C=O) groups excluding carboxylic acids is 2. The average Bonchev–Trinajstić information content (AvgIpc) is 3.47. The van der Waals surface area contributed by atoms with Crippen LogP contribution in [0.25, 0.3) is 0 Å². The van der Waals surface area contributed by atoms with Crippen LogP contribution in [0.3, 0.4) is 0 Å². The smallest absolute Gasteiger partial charge is 0.226 e. The zero-order chi connectivity index (χ0) is 21.1. The predicted molar refractivity (Wildman–Crippen MR) is 105 cm³/mol. The van der Waals surface area contributed by atoms with E-state index in [0.717, 1.165) is 6.26 Å². The summed E-state index contributed by atoms with van der Waals surface area (Å²) in [6.45, 7) is 1.64. The van der Waals surface area contributed by atoms with Crippen molar-refractivity contribution in [3.8, 4) is 6.07 Å². The first-order valence-electron chi connectivity index (χ1n) is 9.58. The monoisotopic (exact) mass is 419 g/mol. The van der Waals surface area contributed by atoms with Crippen LogP contribution >= 0.6 is 0 Å². The molecule has 3 rings (SSSR count). The van der Waals surface area contributed by atoms with Crippen molar-refractivity contribution in [2.24, 2.45) is 5.92 Å². The van der Waals surface area contributed by atoms with E-state index in [-0.39, 0.29) is 12.3 Å². The number of carbonyl (C=O) groups is 2. The molecule has 2 amide bonds. The normalized spacial score (nSPS) is 20.2. The van der Waals surface area contributed by atoms with Crippen molar-refractivity contribution in [3.63, 3.8) is 0 Å². The third-order valence-electron chi connectivity index (χ3n) is 5.38. The third kappa shape index (κ3) is 5.14. The van der Waals surface area contributed by atoms with E-state index in [1.165, 1.54) is 0 Å². The molecular formula is C20H25N3O5S. The van der Waals surface area contributed by atoms with Gasteiger partial charge < -0.3 is 15.0 Å². The standard InChI is InChI=1S/C20H25N3O5S/c1-29(26,27)18(15-5-3-2-4-6-15)16(19(25)22-20(14-21)7-8-20)13-17(24)23-9-11-28-12-10-23/h2-6,16,18H,7-13H2,1H3,(H,22,25). The zero-order valence-electron chi connectivity index (χ0n) is 16.3. The van der Waals surface area contributed by atoms with Gasteiger partial charge in [-0.25, -0.2) is 8.42 Å². The number of rotatable bonds is 7. The summed E-state index contributed by atoms with van der Waals surface area (Å²) in [7, 11) is -3.72. The molecule has 2 fully saturated rings. The highest BCUT2D eigenvalue weighted by Crippen LogP contribution is 2.38. The summed E-state index contributed by atoms with van der Waals surface area (Å²) in [5.41, 5.74) is -0.498. The van der Waals surface area contributed by atoms with Crippen LogP contribution < -0.4 is 5.32 Å². The number of ether oxygens (including phenoxy) is 1. The quantitative estimate of drug-likeness (QED) is 0.699. The van der Waals surface area contributed by atoms with E-state index in [0.29, 0.717) is 44.7 Å². The summed E-state index contributed by atoms with van der Waals surface area (Å²) in [6.07, 6.45) is 1.86. The van der Waals surface area contributed by atoms with Gasteiger partial charge in [-0.1, -0.05) is 30.3 Å². The Labute approximate surface area is 170 Å². The molecule has 0 bridgehead atoms. The molecule has 2 aliphatic rings. The van der Waals surface area contributed by atoms with E-state index in [4.69, 9.17) is 4.74 Å². The van der Waals surface area contributed by atoms with Crippen LogP contribution in [0.15, 0.2) is 30.3 Å². The maximum Gasteiger partial charge on any atom is 0.226 e. The molecule has 1 saturated carbocycles. The first-order valence-corrected chi connectivity index (χ1v) is 11.5. The molecule has 0 spiro atoms. The topological polar surface area (TPSA) is 117 Å². The summed E-state index contributed by atoms with van der Waals surface area (Å²) in [5, 5.41) is 10.8. The van der Waals surface area contributed by atoms with Crippen molar-refractivity contribution in [3.05, 3.63) is 35.9 Å². The van der Waals surface area contributed by atoms with E-state index in [1.54, 1.807) is 35.2 Å². The Kier molecular flexibility index (Phi) is 6.24. The Morgan fingerprint density at radius 2 is 1.86 bits per heavy atom. The number of nitrogens with one attached hydrogen (secondary N) is 1. The molecule has 2 atom stereocenters. The number of hydrogen-bond donors (Lipinski definition) is 1. The van der Waals surface area contributed by atoms with Gasteiger partial charge in [0.2, 0.25) is 11.8 Å². The van der Waals surface area contributed by atoms with Gasteiger partial charge in [0.1, 0.15) is 5.54 Å². The molecule has 1 heterocycles. The number of amides is 2. The number of nitrogens with zero attached hydrogens (tertiary/aromatic N) is 2. The first kappa shape index (κ1) is 21.3.